The molecule has 4 rings (SSSR count). The molecule has 0 saturated heterocycles. The number of halogens is 1. The molecule has 0 bridgehead atoms. The van der Waals surface area contributed by atoms with Gasteiger partial charge < -0.3 is 14.7 Å². The summed E-state index contributed by atoms with van der Waals surface area (Å²) in [5, 5.41) is 0.122. The van der Waals surface area contributed by atoms with Gasteiger partial charge in [-0.05, 0) is 54.3 Å². The van der Waals surface area contributed by atoms with Crippen molar-refractivity contribution in [1.82, 2.24) is 4.31 Å². The Kier molecular flexibility index (Phi) is 7.17. The Morgan fingerprint density at radius 1 is 1.06 bits per heavy atom. The molecule has 1 aliphatic heterocycles. The Hall–Kier alpha value is -2.19. The minimum atomic E-state index is -4.50. The van der Waals surface area contributed by atoms with E-state index < -0.39 is 17.6 Å². The summed E-state index contributed by atoms with van der Waals surface area (Å²) in [7, 11) is -6.79. The van der Waals surface area contributed by atoms with Gasteiger partial charge in [-0.15, -0.1) is 0 Å². The van der Waals surface area contributed by atoms with Crippen molar-refractivity contribution in [1.29, 1.82) is 0 Å². The van der Waals surface area contributed by atoms with E-state index in [1.165, 1.54) is 28.6 Å². The van der Waals surface area contributed by atoms with Crippen molar-refractivity contribution in [3.8, 4) is 11.1 Å². The fourth-order valence-corrected chi connectivity index (χ4v) is 6.84. The maximum absolute atomic E-state index is 13.8. The van der Waals surface area contributed by atoms with E-state index in [4.69, 9.17) is 11.6 Å². The van der Waals surface area contributed by atoms with Gasteiger partial charge in [0.2, 0.25) is 10.0 Å². The van der Waals surface area contributed by atoms with E-state index in [0.717, 1.165) is 5.69 Å². The van der Waals surface area contributed by atoms with Crippen LogP contribution in [-0.2, 0) is 14.6 Å². The van der Waals surface area contributed by atoms with Crippen molar-refractivity contribution in [3.63, 3.8) is 0 Å². The number of fused-ring (bicyclic) bond motifs is 1. The number of hydrogen-bond donors (Lipinski definition) is 2. The highest BCUT2D eigenvalue weighted by Gasteiger charge is 2.38. The molecule has 0 amide bonds. The molecule has 3 aromatic carbocycles. The number of anilines is 2. The quantitative estimate of drug-likeness (QED) is 0.447. The van der Waals surface area contributed by atoms with Gasteiger partial charge in [0, 0.05) is 30.9 Å². The molecule has 0 saturated carbocycles. The molecule has 0 aliphatic carbocycles. The molecule has 186 valence electrons. The van der Waals surface area contributed by atoms with E-state index in [-0.39, 0.29) is 27.2 Å². The van der Waals surface area contributed by atoms with E-state index in [1.54, 1.807) is 19.2 Å². The summed E-state index contributed by atoms with van der Waals surface area (Å²) >= 11 is 6.69. The average Bonchev–Trinajstić information content (AvgIpc) is 2.87. The lowest BCUT2D eigenvalue weighted by Crippen LogP contribution is -2.41. The van der Waals surface area contributed by atoms with Crippen LogP contribution in [0.2, 0.25) is 5.02 Å². The maximum Gasteiger partial charge on any atom is 0.356 e. The third-order valence-corrected chi connectivity index (χ3v) is 9.41. The predicted molar refractivity (Wildman–Crippen MR) is 140 cm³/mol. The van der Waals surface area contributed by atoms with Crippen LogP contribution in [0, 0.1) is 5.92 Å². The molecule has 7 nitrogen and oxygen atoms in total. The second kappa shape index (κ2) is 9.69. The molecule has 0 spiro atoms. The van der Waals surface area contributed by atoms with Crippen LogP contribution < -0.4 is 10.2 Å². The highest BCUT2D eigenvalue weighted by atomic mass is 35.5. The van der Waals surface area contributed by atoms with E-state index >= 15 is 0 Å². The van der Waals surface area contributed by atoms with Crippen LogP contribution in [0.15, 0.2) is 71.6 Å². The van der Waals surface area contributed by atoms with Gasteiger partial charge in [0.25, 0.3) is 0 Å². The van der Waals surface area contributed by atoms with Crippen LogP contribution in [0.3, 0.4) is 0 Å². The van der Waals surface area contributed by atoms with Crippen LogP contribution in [0.1, 0.15) is 20.3 Å². The fourth-order valence-electron chi connectivity index (χ4n) is 4.43. The third-order valence-electron chi connectivity index (χ3n) is 6.21. The Bertz CT molecular complexity index is 1390. The Labute approximate surface area is 211 Å². The van der Waals surface area contributed by atoms with Crippen molar-refractivity contribution < 1.29 is 22.8 Å². The lowest BCUT2D eigenvalue weighted by molar-refractivity contribution is 0.326. The first kappa shape index (κ1) is 25.9. The van der Waals surface area contributed by atoms with Gasteiger partial charge in [0.15, 0.2) is 0 Å². The molecule has 0 unspecified atom stereocenters. The largest absolute Gasteiger partial charge is 0.356 e. The summed E-state index contributed by atoms with van der Waals surface area (Å²) in [6, 6.07) is 18.3. The van der Waals surface area contributed by atoms with Crippen LogP contribution >= 0.6 is 19.2 Å². The molecule has 0 aromatic heterocycles. The Morgan fingerprint density at radius 3 is 2.37 bits per heavy atom. The van der Waals surface area contributed by atoms with Crippen LogP contribution in [0.4, 0.5) is 11.4 Å². The van der Waals surface area contributed by atoms with Gasteiger partial charge in [0.05, 0.1) is 16.0 Å². The lowest BCUT2D eigenvalue weighted by atomic mass is 10.0. The second-order valence-electron chi connectivity index (χ2n) is 9.14. The zero-order valence-electron chi connectivity index (χ0n) is 19.7. The summed E-state index contributed by atoms with van der Waals surface area (Å²) in [5.41, 5.74) is 2.12. The Morgan fingerprint density at radius 2 is 1.74 bits per heavy atom. The van der Waals surface area contributed by atoms with Gasteiger partial charge in [-0.2, -0.15) is 4.31 Å². The van der Waals surface area contributed by atoms with Gasteiger partial charge in [-0.1, -0.05) is 55.8 Å². The molecule has 2 N–H and O–H groups in total. The van der Waals surface area contributed by atoms with Crippen molar-refractivity contribution in [2.75, 3.05) is 18.5 Å². The Balaban J connectivity index is 1.96. The number of benzene rings is 3. The van der Waals surface area contributed by atoms with E-state index in [1.807, 2.05) is 35.2 Å². The molecule has 0 radical (unpaired) electrons. The van der Waals surface area contributed by atoms with Gasteiger partial charge in [-0.25, -0.2) is 8.42 Å². The summed E-state index contributed by atoms with van der Waals surface area (Å²) < 4.78 is 40.9. The molecule has 1 heterocycles. The average molecular weight is 535 g/mol. The maximum atomic E-state index is 13.8. The zero-order chi connectivity index (χ0) is 25.5. The monoisotopic (exact) mass is 534 g/mol. The minimum Gasteiger partial charge on any atom is -0.339 e. The summed E-state index contributed by atoms with van der Waals surface area (Å²) in [6.45, 7) is 4.58. The fraction of sp³-hybridized carbons (Fsp3) is 0.280. The molecular weight excluding hydrogens is 507 g/mol. The predicted octanol–water partition coefficient (Wildman–Crippen LogP) is 5.00. The molecule has 35 heavy (non-hydrogen) atoms. The molecule has 1 atom stereocenters. The summed E-state index contributed by atoms with van der Waals surface area (Å²) in [6.07, 6.45) is 0.679. The van der Waals surface area contributed by atoms with Gasteiger partial charge >= 0.3 is 7.60 Å². The lowest BCUT2D eigenvalue weighted by Gasteiger charge is -2.30. The minimum absolute atomic E-state index is 0.0936. The number of para-hydroxylation sites is 1. The zero-order valence-corrected chi connectivity index (χ0v) is 22.1. The number of likely N-dealkylation sites (N-methyl/N-ethyl adjacent to an activating group) is 1. The van der Waals surface area contributed by atoms with Crippen molar-refractivity contribution in [2.45, 2.75) is 31.2 Å². The van der Waals surface area contributed by atoms with E-state index in [9.17, 15) is 22.8 Å². The van der Waals surface area contributed by atoms with Crippen molar-refractivity contribution in [3.05, 3.63) is 71.8 Å². The number of nitrogens with zero attached hydrogens (tertiary/aromatic N) is 2. The highest BCUT2D eigenvalue weighted by molar-refractivity contribution is 7.89. The van der Waals surface area contributed by atoms with E-state index in [0.29, 0.717) is 29.8 Å². The van der Waals surface area contributed by atoms with Crippen LogP contribution in [0.5, 0.6) is 0 Å². The first-order chi connectivity index (χ1) is 16.4. The number of sulfonamides is 1. The highest BCUT2D eigenvalue weighted by Crippen LogP contribution is 2.43. The molecule has 3 aromatic rings. The summed E-state index contributed by atoms with van der Waals surface area (Å²) in [4.78, 5) is 21.3. The van der Waals surface area contributed by atoms with E-state index in [2.05, 4.69) is 13.8 Å². The second-order valence-corrected chi connectivity index (χ2v) is 13.1. The van der Waals surface area contributed by atoms with Crippen molar-refractivity contribution in [2.24, 2.45) is 5.92 Å². The number of hydrogen-bond acceptors (Lipinski definition) is 4. The first-order valence-electron chi connectivity index (χ1n) is 11.2. The summed E-state index contributed by atoms with van der Waals surface area (Å²) in [5.74, 6) is 0.283. The molecule has 10 heteroatoms. The van der Waals surface area contributed by atoms with Gasteiger partial charge in [-0.3, -0.25) is 4.57 Å². The first-order valence-corrected chi connectivity index (χ1v) is 14.6. The topological polar surface area (TPSA) is 98.1 Å². The van der Waals surface area contributed by atoms with Crippen LogP contribution in [0.25, 0.3) is 11.1 Å². The SMILES string of the molecule is CC(C)C[C@@H]1CN(c2ccccc2)c2cc(Cl)c(-c3cccc(P(=O)(O)O)c3)cc2S(=O)(=O)N1C. The van der Waals surface area contributed by atoms with Gasteiger partial charge in [0.1, 0.15) is 4.90 Å². The van der Waals surface area contributed by atoms with Crippen LogP contribution in [-0.4, -0.2) is 42.1 Å². The normalized spacial score (nSPS) is 18.4. The molecule has 0 fully saturated rings. The third kappa shape index (κ3) is 5.19. The van der Waals surface area contributed by atoms with Crippen molar-refractivity contribution >= 4 is 45.9 Å². The smallest absolute Gasteiger partial charge is 0.339 e. The molecular formula is C25H28ClN2O5PS. The number of rotatable bonds is 5. The standard InChI is InChI=1S/C25H28ClN2O5PS/c1-17(2)12-20-16-28(19-9-5-4-6-10-19)24-15-23(26)22(14-25(24)35(32,33)27(20)3)18-8-7-11-21(13-18)34(29,30)31/h4-11,13-15,17,20H,12,16H2,1-3H3,(H2,29,30,31)/t20-/m1/s1. The molecule has 1 aliphatic rings.